The summed E-state index contributed by atoms with van der Waals surface area (Å²) in [6.45, 7) is 8.52. The first-order valence-corrected chi connectivity index (χ1v) is 20.5. The lowest BCUT2D eigenvalue weighted by Crippen LogP contribution is -2.52. The van der Waals surface area contributed by atoms with Gasteiger partial charge in [-0.3, -0.25) is 0 Å². The topological polar surface area (TPSA) is 93.7 Å². The first kappa shape index (κ1) is 37.0. The van der Waals surface area contributed by atoms with Crippen LogP contribution in [0, 0.1) is 11.3 Å². The summed E-state index contributed by atoms with van der Waals surface area (Å²) in [6.07, 6.45) is 8.40. The van der Waals surface area contributed by atoms with Gasteiger partial charge in [0.1, 0.15) is 5.75 Å². The van der Waals surface area contributed by atoms with E-state index >= 15 is 0 Å². The Kier molecular flexibility index (Phi) is 12.2. The van der Waals surface area contributed by atoms with E-state index in [1.54, 1.807) is 32.2 Å². The average molecular weight is 704 g/mol. The van der Waals surface area contributed by atoms with Crippen LogP contribution < -0.4 is 9.64 Å². The van der Waals surface area contributed by atoms with Crippen molar-refractivity contribution in [3.05, 3.63) is 53.6 Å². The number of rotatable bonds is 8. The normalized spacial score (nSPS) is 21.9. The summed E-state index contributed by atoms with van der Waals surface area (Å²) >= 11 is 0. The van der Waals surface area contributed by atoms with Gasteiger partial charge in [0.25, 0.3) is 10.2 Å². The minimum atomic E-state index is -3.82. The standard InChI is InChI=1S/C36H57N5O5S2/c1-36(2)28-40(47(42,43)35-17-14-33(15-18-35)37(3)4)22-9-20-38(26-30-11-7-6-8-12-30)21-10-23-41(29-36)48(44,45)39-24-19-31-25-34(46-5)16-13-32(31)27-39/h13-18,25,30H,6-12,19-24,26-29H2,1-5H3. The number of sulfonamides is 1. The SMILES string of the molecule is COc1ccc2c(c1)CCN(S(=O)(=O)N1CCCN(CC3CCCCC3)CCCN(S(=O)(=O)c3ccc(N(C)C)cc3)CC(C)(C)C1)C2. The minimum Gasteiger partial charge on any atom is -0.497 e. The maximum Gasteiger partial charge on any atom is 0.282 e. The number of anilines is 1. The van der Waals surface area contributed by atoms with Crippen LogP contribution in [-0.4, -0.2) is 108 Å². The lowest BCUT2D eigenvalue weighted by Gasteiger charge is -2.40. The van der Waals surface area contributed by atoms with Gasteiger partial charge in [-0.2, -0.15) is 21.3 Å². The van der Waals surface area contributed by atoms with Crippen molar-refractivity contribution in [1.29, 1.82) is 0 Å². The Bertz CT molecular complexity index is 1570. The molecule has 48 heavy (non-hydrogen) atoms. The molecular formula is C36H57N5O5S2. The second kappa shape index (κ2) is 15.8. The smallest absolute Gasteiger partial charge is 0.282 e. The first-order chi connectivity index (χ1) is 22.8. The number of benzene rings is 2. The van der Waals surface area contributed by atoms with Gasteiger partial charge in [-0.05, 0) is 104 Å². The second-order valence-electron chi connectivity index (χ2n) is 15.0. The second-order valence-corrected chi connectivity index (χ2v) is 18.8. The fourth-order valence-corrected chi connectivity index (χ4v) is 11.1. The Labute approximate surface area is 290 Å². The average Bonchev–Trinajstić information content (AvgIpc) is 3.06. The molecule has 5 rings (SSSR count). The molecule has 0 radical (unpaired) electrons. The summed E-state index contributed by atoms with van der Waals surface area (Å²) in [5.41, 5.74) is 2.41. The summed E-state index contributed by atoms with van der Waals surface area (Å²) in [5, 5.41) is 0. The highest BCUT2D eigenvalue weighted by Gasteiger charge is 2.38. The summed E-state index contributed by atoms with van der Waals surface area (Å²) in [4.78, 5) is 4.68. The molecule has 0 N–H and O–H groups in total. The zero-order chi connectivity index (χ0) is 34.5. The fourth-order valence-electron chi connectivity index (χ4n) is 7.59. The van der Waals surface area contributed by atoms with Gasteiger partial charge in [0.05, 0.1) is 12.0 Å². The van der Waals surface area contributed by atoms with Crippen LogP contribution in [0.1, 0.15) is 69.9 Å². The van der Waals surface area contributed by atoms with E-state index in [0.29, 0.717) is 38.5 Å². The highest BCUT2D eigenvalue weighted by molar-refractivity contribution is 7.89. The zero-order valence-corrected chi connectivity index (χ0v) is 31.4. The molecule has 2 heterocycles. The number of methoxy groups -OCH3 is 1. The Morgan fingerprint density at radius 2 is 1.42 bits per heavy atom. The molecule has 12 heteroatoms. The van der Waals surface area contributed by atoms with Gasteiger partial charge in [0.2, 0.25) is 10.0 Å². The molecular weight excluding hydrogens is 647 g/mol. The molecule has 10 nitrogen and oxygen atoms in total. The third kappa shape index (κ3) is 9.11. The van der Waals surface area contributed by atoms with Gasteiger partial charge in [-0.1, -0.05) is 39.2 Å². The molecule has 3 aliphatic rings. The molecule has 2 aliphatic heterocycles. The van der Waals surface area contributed by atoms with E-state index in [2.05, 4.69) is 4.90 Å². The van der Waals surface area contributed by atoms with Gasteiger partial charge >= 0.3 is 0 Å². The molecule has 268 valence electrons. The van der Waals surface area contributed by atoms with Crippen molar-refractivity contribution >= 4 is 25.9 Å². The van der Waals surface area contributed by atoms with E-state index in [-0.39, 0.29) is 18.0 Å². The molecule has 0 unspecified atom stereocenters. The maximum atomic E-state index is 14.4. The predicted molar refractivity (Wildman–Crippen MR) is 193 cm³/mol. The van der Waals surface area contributed by atoms with Gasteiger partial charge < -0.3 is 14.5 Å². The van der Waals surface area contributed by atoms with Gasteiger partial charge in [-0.25, -0.2) is 8.42 Å². The van der Waals surface area contributed by atoms with Crippen LogP contribution in [0.15, 0.2) is 47.4 Å². The van der Waals surface area contributed by atoms with E-state index in [9.17, 15) is 16.8 Å². The predicted octanol–water partition coefficient (Wildman–Crippen LogP) is 5.06. The summed E-state index contributed by atoms with van der Waals surface area (Å²) in [5.74, 6) is 1.42. The largest absolute Gasteiger partial charge is 0.497 e. The monoisotopic (exact) mass is 703 g/mol. The van der Waals surface area contributed by atoms with Crippen LogP contribution in [0.4, 0.5) is 5.69 Å². The van der Waals surface area contributed by atoms with Crippen molar-refractivity contribution in [2.45, 2.75) is 76.7 Å². The molecule has 0 amide bonds. The number of nitrogens with zero attached hydrogens (tertiary/aromatic N) is 5. The number of ether oxygens (including phenoxy) is 1. The van der Waals surface area contributed by atoms with Gasteiger partial charge in [0.15, 0.2) is 0 Å². The molecule has 2 aromatic rings. The van der Waals surface area contributed by atoms with E-state index in [1.807, 2.05) is 63.2 Å². The molecule has 0 atom stereocenters. The Morgan fingerprint density at radius 3 is 2.06 bits per heavy atom. The lowest BCUT2D eigenvalue weighted by atomic mass is 9.89. The van der Waals surface area contributed by atoms with E-state index in [0.717, 1.165) is 55.0 Å². The van der Waals surface area contributed by atoms with E-state index in [4.69, 9.17) is 4.74 Å². The quantitative estimate of drug-likeness (QED) is 0.380. The number of fused-ring (bicyclic) bond motifs is 1. The summed E-state index contributed by atoms with van der Waals surface area (Å²) in [6, 6.07) is 12.9. The van der Waals surface area contributed by atoms with E-state index < -0.39 is 25.6 Å². The van der Waals surface area contributed by atoms with Crippen LogP contribution >= 0.6 is 0 Å². The Morgan fingerprint density at radius 1 is 0.771 bits per heavy atom. The van der Waals surface area contributed by atoms with Crippen LogP contribution in [-0.2, 0) is 33.2 Å². The summed E-state index contributed by atoms with van der Waals surface area (Å²) in [7, 11) is -2.13. The molecule has 2 aromatic carbocycles. The highest BCUT2D eigenvalue weighted by Crippen LogP contribution is 2.31. The molecule has 1 saturated heterocycles. The number of hydrogen-bond donors (Lipinski definition) is 0. The third-order valence-electron chi connectivity index (χ3n) is 10.2. The Balaban J connectivity index is 1.41. The van der Waals surface area contributed by atoms with Crippen molar-refractivity contribution < 1.29 is 21.6 Å². The fraction of sp³-hybridized carbons (Fsp3) is 0.667. The van der Waals surface area contributed by atoms with E-state index in [1.165, 1.54) is 32.1 Å². The molecule has 1 aliphatic carbocycles. The van der Waals surface area contributed by atoms with Crippen LogP contribution in [0.3, 0.4) is 0 Å². The molecule has 0 aromatic heterocycles. The summed E-state index contributed by atoms with van der Waals surface area (Å²) < 4.78 is 67.5. The molecule has 2 fully saturated rings. The van der Waals surface area contributed by atoms with Crippen molar-refractivity contribution in [3.63, 3.8) is 0 Å². The molecule has 1 saturated carbocycles. The van der Waals surface area contributed by atoms with Crippen molar-refractivity contribution in [2.75, 3.05) is 78.5 Å². The number of hydrogen-bond acceptors (Lipinski definition) is 7. The Hall–Kier alpha value is -2.22. The van der Waals surface area contributed by atoms with Crippen LogP contribution in [0.5, 0.6) is 5.75 Å². The van der Waals surface area contributed by atoms with Gasteiger partial charge in [0, 0.05) is 65.6 Å². The van der Waals surface area contributed by atoms with Crippen molar-refractivity contribution in [3.8, 4) is 5.75 Å². The van der Waals surface area contributed by atoms with Crippen molar-refractivity contribution in [1.82, 2.24) is 17.8 Å². The molecule has 0 bridgehead atoms. The third-order valence-corrected chi connectivity index (χ3v) is 14.0. The zero-order valence-electron chi connectivity index (χ0n) is 29.7. The molecule has 0 spiro atoms. The van der Waals surface area contributed by atoms with Gasteiger partial charge in [-0.15, -0.1) is 0 Å². The lowest BCUT2D eigenvalue weighted by molar-refractivity contribution is 0.158. The van der Waals surface area contributed by atoms with Crippen molar-refractivity contribution in [2.24, 2.45) is 11.3 Å². The first-order valence-electron chi connectivity index (χ1n) is 17.7. The van der Waals surface area contributed by atoms with Crippen LogP contribution in [0.25, 0.3) is 0 Å². The highest BCUT2D eigenvalue weighted by atomic mass is 32.2. The maximum absolute atomic E-state index is 14.4. The van der Waals surface area contributed by atoms with Crippen LogP contribution in [0.2, 0.25) is 0 Å². The minimum absolute atomic E-state index is 0.224.